The summed E-state index contributed by atoms with van der Waals surface area (Å²) in [6.45, 7) is 5.08. The number of amides is 1. The van der Waals surface area contributed by atoms with E-state index in [4.69, 9.17) is 0 Å². The van der Waals surface area contributed by atoms with Crippen molar-refractivity contribution in [3.05, 3.63) is 34.6 Å². The van der Waals surface area contributed by atoms with Gasteiger partial charge in [0.25, 0.3) is 5.56 Å². The normalized spacial score (nSPS) is 15.2. The summed E-state index contributed by atoms with van der Waals surface area (Å²) in [5.41, 5.74) is 0.631. The second-order valence-electron chi connectivity index (χ2n) is 6.06. The molecule has 1 aliphatic heterocycles. The van der Waals surface area contributed by atoms with Gasteiger partial charge >= 0.3 is 0 Å². The van der Waals surface area contributed by atoms with E-state index in [1.54, 1.807) is 17.7 Å². The first-order chi connectivity index (χ1) is 10.5. The van der Waals surface area contributed by atoms with Gasteiger partial charge in [-0.3, -0.25) is 14.2 Å². The van der Waals surface area contributed by atoms with Crippen LogP contribution in [0, 0.1) is 5.92 Å². The standard InChI is InChI=1S/C16H20N4O2/c1-10(2)17-14(21)11-8-20(9-11)16-18-13-7-5-4-6-12(13)15(22)19(16)3/h4-7,10-11H,8-9H2,1-3H3,(H,17,21). The Morgan fingerprint density at radius 2 is 2.00 bits per heavy atom. The first-order valence-corrected chi connectivity index (χ1v) is 7.48. The molecule has 1 N–H and O–H groups in total. The van der Waals surface area contributed by atoms with Gasteiger partial charge < -0.3 is 10.2 Å². The summed E-state index contributed by atoms with van der Waals surface area (Å²) in [6, 6.07) is 7.46. The van der Waals surface area contributed by atoms with Crippen molar-refractivity contribution in [3.63, 3.8) is 0 Å². The molecule has 1 saturated heterocycles. The van der Waals surface area contributed by atoms with Crippen LogP contribution in [-0.4, -0.2) is 34.6 Å². The molecule has 0 aliphatic carbocycles. The lowest BCUT2D eigenvalue weighted by molar-refractivity contribution is -0.126. The molecule has 0 saturated carbocycles. The SMILES string of the molecule is CC(C)NC(=O)C1CN(c2nc3ccccc3c(=O)n2C)C1. The van der Waals surface area contributed by atoms with Crippen LogP contribution in [0.4, 0.5) is 5.95 Å². The van der Waals surface area contributed by atoms with Crippen molar-refractivity contribution in [2.75, 3.05) is 18.0 Å². The number of fused-ring (bicyclic) bond motifs is 1. The first kappa shape index (κ1) is 14.6. The Labute approximate surface area is 128 Å². The van der Waals surface area contributed by atoms with Crippen molar-refractivity contribution < 1.29 is 4.79 Å². The third-order valence-electron chi connectivity index (χ3n) is 3.93. The van der Waals surface area contributed by atoms with Gasteiger partial charge in [0, 0.05) is 26.2 Å². The largest absolute Gasteiger partial charge is 0.354 e. The second-order valence-corrected chi connectivity index (χ2v) is 6.06. The Hall–Kier alpha value is -2.37. The number of carbonyl (C=O) groups is 1. The van der Waals surface area contributed by atoms with Gasteiger partial charge in [0.1, 0.15) is 0 Å². The van der Waals surface area contributed by atoms with Gasteiger partial charge in [-0.05, 0) is 26.0 Å². The molecule has 22 heavy (non-hydrogen) atoms. The molecular formula is C16H20N4O2. The molecular weight excluding hydrogens is 280 g/mol. The molecule has 3 rings (SSSR count). The van der Waals surface area contributed by atoms with Crippen molar-refractivity contribution in [3.8, 4) is 0 Å². The molecule has 1 aliphatic rings. The Morgan fingerprint density at radius 1 is 1.32 bits per heavy atom. The van der Waals surface area contributed by atoms with Crippen LogP contribution in [-0.2, 0) is 11.8 Å². The zero-order valence-electron chi connectivity index (χ0n) is 13.0. The van der Waals surface area contributed by atoms with E-state index < -0.39 is 0 Å². The van der Waals surface area contributed by atoms with E-state index in [-0.39, 0.29) is 23.4 Å². The molecule has 6 nitrogen and oxygen atoms in total. The molecule has 0 atom stereocenters. The van der Waals surface area contributed by atoms with Crippen LogP contribution < -0.4 is 15.8 Å². The maximum atomic E-state index is 12.4. The second kappa shape index (κ2) is 5.44. The summed E-state index contributed by atoms with van der Waals surface area (Å²) in [5.74, 6) is 0.653. The van der Waals surface area contributed by atoms with E-state index in [2.05, 4.69) is 10.3 Å². The van der Waals surface area contributed by atoms with Crippen LogP contribution in [0.1, 0.15) is 13.8 Å². The summed E-state index contributed by atoms with van der Waals surface area (Å²) < 4.78 is 1.55. The van der Waals surface area contributed by atoms with Crippen molar-refractivity contribution in [2.24, 2.45) is 13.0 Å². The van der Waals surface area contributed by atoms with Crippen molar-refractivity contribution >= 4 is 22.8 Å². The number of benzene rings is 1. The van der Waals surface area contributed by atoms with E-state index in [9.17, 15) is 9.59 Å². The van der Waals surface area contributed by atoms with E-state index in [0.717, 1.165) is 0 Å². The molecule has 1 fully saturated rings. The highest BCUT2D eigenvalue weighted by molar-refractivity contribution is 5.82. The van der Waals surface area contributed by atoms with Gasteiger partial charge in [0.2, 0.25) is 11.9 Å². The molecule has 0 radical (unpaired) electrons. The smallest absolute Gasteiger partial charge is 0.262 e. The molecule has 0 unspecified atom stereocenters. The summed E-state index contributed by atoms with van der Waals surface area (Å²) in [6.07, 6.45) is 0. The molecule has 1 aromatic carbocycles. The van der Waals surface area contributed by atoms with Crippen molar-refractivity contribution in [1.82, 2.24) is 14.9 Å². The number of carbonyl (C=O) groups excluding carboxylic acids is 1. The minimum Gasteiger partial charge on any atom is -0.354 e. The average Bonchev–Trinajstić information content (AvgIpc) is 2.42. The van der Waals surface area contributed by atoms with Crippen LogP contribution in [0.25, 0.3) is 10.9 Å². The van der Waals surface area contributed by atoms with Crippen molar-refractivity contribution in [2.45, 2.75) is 19.9 Å². The lowest BCUT2D eigenvalue weighted by Gasteiger charge is -2.39. The summed E-state index contributed by atoms with van der Waals surface area (Å²) in [7, 11) is 1.72. The molecule has 0 bridgehead atoms. The van der Waals surface area contributed by atoms with Crippen LogP contribution in [0.5, 0.6) is 0 Å². The quantitative estimate of drug-likeness (QED) is 0.914. The molecule has 2 aromatic rings. The summed E-state index contributed by atoms with van der Waals surface area (Å²) in [5, 5.41) is 3.53. The van der Waals surface area contributed by atoms with E-state index in [1.807, 2.05) is 36.9 Å². The highest BCUT2D eigenvalue weighted by Crippen LogP contribution is 2.23. The van der Waals surface area contributed by atoms with Gasteiger partial charge in [0.15, 0.2) is 0 Å². The number of rotatable bonds is 3. The van der Waals surface area contributed by atoms with E-state index in [0.29, 0.717) is 29.9 Å². The summed E-state index contributed by atoms with van der Waals surface area (Å²) in [4.78, 5) is 30.9. The zero-order valence-corrected chi connectivity index (χ0v) is 13.0. The van der Waals surface area contributed by atoms with Crippen molar-refractivity contribution in [1.29, 1.82) is 0 Å². The number of para-hydroxylation sites is 1. The van der Waals surface area contributed by atoms with Gasteiger partial charge in [0.05, 0.1) is 16.8 Å². The lowest BCUT2D eigenvalue weighted by Crippen LogP contribution is -2.56. The summed E-state index contributed by atoms with van der Waals surface area (Å²) >= 11 is 0. The van der Waals surface area contributed by atoms with Crippen LogP contribution in [0.2, 0.25) is 0 Å². The molecule has 2 heterocycles. The first-order valence-electron chi connectivity index (χ1n) is 7.48. The predicted octanol–water partition coefficient (Wildman–Crippen LogP) is 0.894. The number of anilines is 1. The average molecular weight is 300 g/mol. The fourth-order valence-corrected chi connectivity index (χ4v) is 2.70. The van der Waals surface area contributed by atoms with Gasteiger partial charge in [-0.25, -0.2) is 4.98 Å². The molecule has 1 amide bonds. The highest BCUT2D eigenvalue weighted by atomic mass is 16.2. The number of hydrogen-bond acceptors (Lipinski definition) is 4. The Kier molecular flexibility index (Phi) is 3.60. The minimum absolute atomic E-state index is 0.0363. The third-order valence-corrected chi connectivity index (χ3v) is 3.93. The topological polar surface area (TPSA) is 67.2 Å². The molecule has 116 valence electrons. The van der Waals surface area contributed by atoms with Crippen LogP contribution in [0.3, 0.4) is 0 Å². The van der Waals surface area contributed by atoms with Gasteiger partial charge in [-0.15, -0.1) is 0 Å². The number of nitrogens with one attached hydrogen (secondary N) is 1. The number of aromatic nitrogens is 2. The van der Waals surface area contributed by atoms with E-state index >= 15 is 0 Å². The van der Waals surface area contributed by atoms with Crippen LogP contribution >= 0.6 is 0 Å². The monoisotopic (exact) mass is 300 g/mol. The zero-order chi connectivity index (χ0) is 15.9. The van der Waals surface area contributed by atoms with Crippen LogP contribution in [0.15, 0.2) is 29.1 Å². The highest BCUT2D eigenvalue weighted by Gasteiger charge is 2.35. The fourth-order valence-electron chi connectivity index (χ4n) is 2.70. The lowest BCUT2D eigenvalue weighted by atomic mass is 9.99. The minimum atomic E-state index is -0.0596. The molecule has 0 spiro atoms. The Balaban J connectivity index is 1.83. The maximum absolute atomic E-state index is 12.4. The Bertz CT molecular complexity index is 775. The fraction of sp³-hybridized carbons (Fsp3) is 0.438. The predicted molar refractivity (Wildman–Crippen MR) is 86.0 cm³/mol. The number of hydrogen-bond donors (Lipinski definition) is 1. The van der Waals surface area contributed by atoms with Gasteiger partial charge in [-0.1, -0.05) is 12.1 Å². The third kappa shape index (κ3) is 2.45. The van der Waals surface area contributed by atoms with E-state index in [1.165, 1.54) is 0 Å². The number of nitrogens with zero attached hydrogens (tertiary/aromatic N) is 3. The van der Waals surface area contributed by atoms with Gasteiger partial charge in [-0.2, -0.15) is 0 Å². The Morgan fingerprint density at radius 3 is 2.68 bits per heavy atom. The molecule has 6 heteroatoms. The maximum Gasteiger partial charge on any atom is 0.262 e. The molecule has 1 aromatic heterocycles.